The molecule has 2 aromatic rings. The van der Waals surface area contributed by atoms with E-state index in [0.29, 0.717) is 6.42 Å². The summed E-state index contributed by atoms with van der Waals surface area (Å²) < 4.78 is 0. The number of rotatable bonds is 8. The van der Waals surface area contributed by atoms with Crippen LogP contribution in [0.1, 0.15) is 42.4 Å². The number of nitrogens with zero attached hydrogens (tertiary/aromatic N) is 5. The molecule has 0 aliphatic carbocycles. The molecule has 1 aromatic carbocycles. The standard InChI is InChI=1S/C22H31N5O3/c1-4-5-20(28)15-25-10-12-26(13-11-25)22-21(16(2)23-17(3)24-22)14-18-6-8-19(9-7-18)27(29)30/h6-9,20,28H,4-5,10-15H2,1-3H3. The minimum absolute atomic E-state index is 0.0947. The van der Waals surface area contributed by atoms with Crippen molar-refractivity contribution in [1.29, 1.82) is 0 Å². The van der Waals surface area contributed by atoms with Gasteiger partial charge in [0.15, 0.2) is 0 Å². The predicted molar refractivity (Wildman–Crippen MR) is 117 cm³/mol. The molecule has 1 fully saturated rings. The summed E-state index contributed by atoms with van der Waals surface area (Å²) >= 11 is 0. The number of β-amino-alcohol motifs (C(OH)–C–C–N with tert-alkyl or cyclic N) is 1. The zero-order valence-corrected chi connectivity index (χ0v) is 18.0. The van der Waals surface area contributed by atoms with Crippen molar-refractivity contribution in [3.8, 4) is 0 Å². The number of anilines is 1. The molecule has 162 valence electrons. The second kappa shape index (κ2) is 9.95. The van der Waals surface area contributed by atoms with Crippen molar-refractivity contribution in [2.45, 2.75) is 46.1 Å². The van der Waals surface area contributed by atoms with E-state index in [1.54, 1.807) is 24.3 Å². The van der Waals surface area contributed by atoms with Crippen LogP contribution in [0.5, 0.6) is 0 Å². The third kappa shape index (κ3) is 5.52. The van der Waals surface area contributed by atoms with Crippen molar-refractivity contribution in [3.05, 3.63) is 57.0 Å². The highest BCUT2D eigenvalue weighted by Gasteiger charge is 2.23. The molecular weight excluding hydrogens is 382 g/mol. The Labute approximate surface area is 177 Å². The first kappa shape index (κ1) is 22.1. The van der Waals surface area contributed by atoms with Crippen LogP contribution < -0.4 is 4.90 Å². The fourth-order valence-electron chi connectivity index (χ4n) is 3.99. The molecule has 1 aromatic heterocycles. The average molecular weight is 414 g/mol. The highest BCUT2D eigenvalue weighted by Crippen LogP contribution is 2.26. The second-order valence-corrected chi connectivity index (χ2v) is 7.99. The largest absolute Gasteiger partial charge is 0.392 e. The minimum Gasteiger partial charge on any atom is -0.392 e. The third-order valence-electron chi connectivity index (χ3n) is 5.59. The lowest BCUT2D eigenvalue weighted by molar-refractivity contribution is -0.384. The van der Waals surface area contributed by atoms with Crippen LogP contribution in [0.2, 0.25) is 0 Å². The molecule has 1 N–H and O–H groups in total. The van der Waals surface area contributed by atoms with Gasteiger partial charge in [0.1, 0.15) is 11.6 Å². The summed E-state index contributed by atoms with van der Waals surface area (Å²) in [5, 5.41) is 21.0. The van der Waals surface area contributed by atoms with Gasteiger partial charge in [-0.2, -0.15) is 0 Å². The number of aliphatic hydroxyl groups excluding tert-OH is 1. The maximum atomic E-state index is 10.9. The lowest BCUT2D eigenvalue weighted by Crippen LogP contribution is -2.49. The molecule has 3 rings (SSSR count). The van der Waals surface area contributed by atoms with Gasteiger partial charge in [0.05, 0.1) is 11.0 Å². The molecule has 0 saturated carbocycles. The Morgan fingerprint density at radius 3 is 2.40 bits per heavy atom. The van der Waals surface area contributed by atoms with E-state index in [4.69, 9.17) is 4.98 Å². The van der Waals surface area contributed by atoms with Gasteiger partial charge in [-0.25, -0.2) is 9.97 Å². The van der Waals surface area contributed by atoms with Crippen LogP contribution in [0.3, 0.4) is 0 Å². The first-order chi connectivity index (χ1) is 14.4. The lowest BCUT2D eigenvalue weighted by Gasteiger charge is -2.37. The summed E-state index contributed by atoms with van der Waals surface area (Å²) in [5.74, 6) is 1.70. The fourth-order valence-corrected chi connectivity index (χ4v) is 3.99. The molecule has 30 heavy (non-hydrogen) atoms. The van der Waals surface area contributed by atoms with Crippen LogP contribution in [0.4, 0.5) is 11.5 Å². The second-order valence-electron chi connectivity index (χ2n) is 7.99. The van der Waals surface area contributed by atoms with Crippen LogP contribution >= 0.6 is 0 Å². The van der Waals surface area contributed by atoms with E-state index in [1.807, 2.05) is 13.8 Å². The fraction of sp³-hybridized carbons (Fsp3) is 0.545. The van der Waals surface area contributed by atoms with Gasteiger partial charge in [0, 0.05) is 62.5 Å². The van der Waals surface area contributed by atoms with E-state index >= 15 is 0 Å². The first-order valence-corrected chi connectivity index (χ1v) is 10.6. The quantitative estimate of drug-likeness (QED) is 0.525. The number of hydrogen-bond donors (Lipinski definition) is 1. The summed E-state index contributed by atoms with van der Waals surface area (Å²) in [4.78, 5) is 24.4. The number of piperazine rings is 1. The summed E-state index contributed by atoms with van der Waals surface area (Å²) in [6.45, 7) is 10.2. The van der Waals surface area contributed by atoms with E-state index < -0.39 is 0 Å². The number of hydrogen-bond acceptors (Lipinski definition) is 7. The number of aliphatic hydroxyl groups is 1. The predicted octanol–water partition coefficient (Wildman–Crippen LogP) is 2.88. The molecule has 8 nitrogen and oxygen atoms in total. The zero-order valence-electron chi connectivity index (χ0n) is 18.0. The third-order valence-corrected chi connectivity index (χ3v) is 5.59. The van der Waals surface area contributed by atoms with Gasteiger partial charge in [-0.15, -0.1) is 0 Å². The van der Waals surface area contributed by atoms with Crippen molar-refractivity contribution in [2.75, 3.05) is 37.6 Å². The van der Waals surface area contributed by atoms with Crippen LogP contribution in [-0.4, -0.2) is 63.7 Å². The number of aromatic nitrogens is 2. The van der Waals surface area contributed by atoms with Gasteiger partial charge in [-0.05, 0) is 25.8 Å². The van der Waals surface area contributed by atoms with Gasteiger partial charge in [0.2, 0.25) is 0 Å². The zero-order chi connectivity index (χ0) is 21.7. The summed E-state index contributed by atoms with van der Waals surface area (Å²) in [6.07, 6.45) is 2.20. The summed E-state index contributed by atoms with van der Waals surface area (Å²) in [6, 6.07) is 6.68. The molecule has 1 saturated heterocycles. The molecule has 0 radical (unpaired) electrons. The van der Waals surface area contributed by atoms with Gasteiger partial charge < -0.3 is 10.0 Å². The van der Waals surface area contributed by atoms with Crippen molar-refractivity contribution < 1.29 is 10.0 Å². The number of aryl methyl sites for hydroxylation is 2. The molecule has 0 amide bonds. The number of non-ortho nitro benzene ring substituents is 1. The van der Waals surface area contributed by atoms with E-state index in [0.717, 1.165) is 74.0 Å². The van der Waals surface area contributed by atoms with Crippen molar-refractivity contribution >= 4 is 11.5 Å². The van der Waals surface area contributed by atoms with Gasteiger partial charge >= 0.3 is 0 Å². The Balaban J connectivity index is 1.75. The SMILES string of the molecule is CCCC(O)CN1CCN(c2nc(C)nc(C)c2Cc2ccc([N+](=O)[O-])cc2)CC1. The van der Waals surface area contributed by atoms with Crippen LogP contribution in [0, 0.1) is 24.0 Å². The van der Waals surface area contributed by atoms with E-state index in [1.165, 1.54) is 0 Å². The topological polar surface area (TPSA) is 95.6 Å². The average Bonchev–Trinajstić information content (AvgIpc) is 2.71. The molecule has 1 aliphatic rings. The molecule has 0 spiro atoms. The van der Waals surface area contributed by atoms with Crippen molar-refractivity contribution in [2.24, 2.45) is 0 Å². The molecule has 1 atom stereocenters. The van der Waals surface area contributed by atoms with E-state index in [9.17, 15) is 15.2 Å². The first-order valence-electron chi connectivity index (χ1n) is 10.6. The highest BCUT2D eigenvalue weighted by atomic mass is 16.6. The van der Waals surface area contributed by atoms with Gasteiger partial charge in [0.25, 0.3) is 5.69 Å². The molecule has 8 heteroatoms. The minimum atomic E-state index is -0.383. The molecule has 1 unspecified atom stereocenters. The maximum Gasteiger partial charge on any atom is 0.269 e. The Hall–Kier alpha value is -2.58. The Bertz CT molecular complexity index is 864. The lowest BCUT2D eigenvalue weighted by atomic mass is 10.0. The monoisotopic (exact) mass is 413 g/mol. The molecule has 0 bridgehead atoms. The van der Waals surface area contributed by atoms with E-state index in [-0.39, 0.29) is 16.7 Å². The molecule has 1 aliphatic heterocycles. The van der Waals surface area contributed by atoms with Crippen molar-refractivity contribution in [3.63, 3.8) is 0 Å². The Kier molecular flexibility index (Phi) is 7.33. The van der Waals surface area contributed by atoms with Gasteiger partial charge in [-0.3, -0.25) is 15.0 Å². The van der Waals surface area contributed by atoms with Crippen molar-refractivity contribution in [1.82, 2.24) is 14.9 Å². The summed E-state index contributed by atoms with van der Waals surface area (Å²) in [5.41, 5.74) is 3.10. The van der Waals surface area contributed by atoms with Crippen LogP contribution in [-0.2, 0) is 6.42 Å². The Morgan fingerprint density at radius 2 is 1.80 bits per heavy atom. The molecule has 2 heterocycles. The Morgan fingerprint density at radius 1 is 1.13 bits per heavy atom. The van der Waals surface area contributed by atoms with Crippen LogP contribution in [0.25, 0.3) is 0 Å². The van der Waals surface area contributed by atoms with Gasteiger partial charge in [-0.1, -0.05) is 25.5 Å². The van der Waals surface area contributed by atoms with E-state index in [2.05, 4.69) is 21.7 Å². The van der Waals surface area contributed by atoms with Crippen LogP contribution in [0.15, 0.2) is 24.3 Å². The summed E-state index contributed by atoms with van der Waals surface area (Å²) in [7, 11) is 0. The number of nitro benzene ring substituents is 1. The maximum absolute atomic E-state index is 10.9. The number of benzene rings is 1. The molecular formula is C22H31N5O3. The smallest absolute Gasteiger partial charge is 0.269 e. The highest BCUT2D eigenvalue weighted by molar-refractivity contribution is 5.52. The number of nitro groups is 1. The normalized spacial score (nSPS) is 15.9.